The quantitative estimate of drug-likeness (QED) is 0.504. The Morgan fingerprint density at radius 2 is 1.90 bits per heavy atom. The number of benzene rings is 2. The largest absolute Gasteiger partial charge is 0.493 e. The second-order valence-electron chi connectivity index (χ2n) is 8.08. The van der Waals surface area contributed by atoms with E-state index in [1.807, 2.05) is 52.0 Å². The number of rotatable bonds is 5. The van der Waals surface area contributed by atoms with E-state index in [1.165, 1.54) is 18.4 Å². The lowest BCUT2D eigenvalue weighted by molar-refractivity contribution is -0.111. The lowest BCUT2D eigenvalue weighted by atomic mass is 9.93. The first-order valence-corrected chi connectivity index (χ1v) is 10.7. The van der Waals surface area contributed by atoms with Gasteiger partial charge in [0.15, 0.2) is 0 Å². The van der Waals surface area contributed by atoms with Gasteiger partial charge in [-0.2, -0.15) is 0 Å². The molecule has 4 nitrogen and oxygen atoms in total. The fraction of sp³-hybridized carbons (Fsp3) is 0.346. The van der Waals surface area contributed by atoms with Crippen molar-refractivity contribution in [1.82, 2.24) is 0 Å². The number of nitrogens with one attached hydrogen (secondary N) is 1. The van der Waals surface area contributed by atoms with Gasteiger partial charge in [0, 0.05) is 40.3 Å². The first-order chi connectivity index (χ1) is 14.5. The molecule has 2 aromatic carbocycles. The van der Waals surface area contributed by atoms with Crippen molar-refractivity contribution in [3.05, 3.63) is 64.4 Å². The van der Waals surface area contributed by atoms with E-state index in [0.29, 0.717) is 6.61 Å². The highest BCUT2D eigenvalue weighted by Crippen LogP contribution is 2.41. The maximum atomic E-state index is 12.6. The van der Waals surface area contributed by atoms with Crippen molar-refractivity contribution < 1.29 is 13.9 Å². The Balaban J connectivity index is 1.73. The molecular weight excluding hydrogens is 374 g/mol. The predicted molar refractivity (Wildman–Crippen MR) is 122 cm³/mol. The second-order valence-corrected chi connectivity index (χ2v) is 8.08. The molecule has 0 fully saturated rings. The van der Waals surface area contributed by atoms with Gasteiger partial charge < -0.3 is 14.5 Å². The van der Waals surface area contributed by atoms with Crippen LogP contribution < -0.4 is 10.1 Å². The Kier molecular flexibility index (Phi) is 5.67. The number of carbonyl (C=O) groups is 1. The summed E-state index contributed by atoms with van der Waals surface area (Å²) in [6.45, 7) is 8.57. The molecular formula is C26H29NO3. The zero-order chi connectivity index (χ0) is 21.3. The van der Waals surface area contributed by atoms with E-state index in [9.17, 15) is 4.79 Å². The first-order valence-electron chi connectivity index (χ1n) is 10.7. The third kappa shape index (κ3) is 3.87. The van der Waals surface area contributed by atoms with Crippen LogP contribution in [0.15, 0.2) is 40.8 Å². The SMILES string of the molecule is CCOc1c(/C(C)=C/C(=O)Nc2ccc(C)cc2)cc2c3c(oc2c1C)CCCC3. The molecule has 3 aromatic rings. The minimum Gasteiger partial charge on any atom is -0.493 e. The molecule has 1 aromatic heterocycles. The molecule has 0 aliphatic heterocycles. The van der Waals surface area contributed by atoms with Crippen molar-refractivity contribution in [3.63, 3.8) is 0 Å². The van der Waals surface area contributed by atoms with Crippen LogP contribution in [0.5, 0.6) is 5.75 Å². The van der Waals surface area contributed by atoms with Crippen LogP contribution in [-0.2, 0) is 17.6 Å². The maximum absolute atomic E-state index is 12.6. The minimum atomic E-state index is -0.147. The van der Waals surface area contributed by atoms with Gasteiger partial charge in [-0.15, -0.1) is 0 Å². The van der Waals surface area contributed by atoms with Crippen molar-refractivity contribution in [3.8, 4) is 5.75 Å². The molecule has 1 N–H and O–H groups in total. The lowest BCUT2D eigenvalue weighted by Crippen LogP contribution is -2.09. The predicted octanol–water partition coefficient (Wildman–Crippen LogP) is 6.37. The Morgan fingerprint density at radius 1 is 1.17 bits per heavy atom. The lowest BCUT2D eigenvalue weighted by Gasteiger charge is -2.15. The van der Waals surface area contributed by atoms with E-state index < -0.39 is 0 Å². The fourth-order valence-electron chi connectivity index (χ4n) is 4.25. The van der Waals surface area contributed by atoms with Crippen LogP contribution in [0.2, 0.25) is 0 Å². The zero-order valence-corrected chi connectivity index (χ0v) is 18.2. The fourth-order valence-corrected chi connectivity index (χ4v) is 4.25. The number of ether oxygens (including phenoxy) is 1. The topological polar surface area (TPSA) is 51.5 Å². The Morgan fingerprint density at radius 3 is 2.63 bits per heavy atom. The molecule has 30 heavy (non-hydrogen) atoms. The standard InChI is InChI=1S/C26H29NO3/c1-5-29-25-18(4)26-22(20-8-6-7-9-23(20)30-26)15-21(25)17(3)14-24(28)27-19-12-10-16(2)11-13-19/h10-15H,5-9H2,1-4H3,(H,27,28)/b17-14+. The zero-order valence-electron chi connectivity index (χ0n) is 18.2. The third-order valence-electron chi connectivity index (χ3n) is 5.81. The number of aryl methyl sites for hydroxylation is 4. The monoisotopic (exact) mass is 403 g/mol. The van der Waals surface area contributed by atoms with Gasteiger partial charge in [0.1, 0.15) is 17.1 Å². The third-order valence-corrected chi connectivity index (χ3v) is 5.81. The molecule has 0 saturated heterocycles. The van der Waals surface area contributed by atoms with Gasteiger partial charge in [-0.3, -0.25) is 4.79 Å². The van der Waals surface area contributed by atoms with Gasteiger partial charge in [0.05, 0.1) is 6.61 Å². The van der Waals surface area contributed by atoms with Gasteiger partial charge in [-0.1, -0.05) is 17.7 Å². The number of furan rings is 1. The van der Waals surface area contributed by atoms with Crippen molar-refractivity contribution >= 4 is 28.1 Å². The molecule has 4 rings (SSSR count). The van der Waals surface area contributed by atoms with Gasteiger partial charge in [-0.25, -0.2) is 0 Å². The average Bonchev–Trinajstić information content (AvgIpc) is 3.10. The van der Waals surface area contributed by atoms with E-state index in [1.54, 1.807) is 6.08 Å². The van der Waals surface area contributed by atoms with E-state index in [0.717, 1.165) is 63.3 Å². The van der Waals surface area contributed by atoms with Crippen molar-refractivity contribution in [2.24, 2.45) is 0 Å². The summed E-state index contributed by atoms with van der Waals surface area (Å²) in [7, 11) is 0. The van der Waals surface area contributed by atoms with Crippen LogP contribution in [0.25, 0.3) is 16.5 Å². The maximum Gasteiger partial charge on any atom is 0.248 e. The van der Waals surface area contributed by atoms with Gasteiger partial charge >= 0.3 is 0 Å². The van der Waals surface area contributed by atoms with Crippen LogP contribution in [0.1, 0.15) is 54.7 Å². The van der Waals surface area contributed by atoms with E-state index in [2.05, 4.69) is 11.4 Å². The van der Waals surface area contributed by atoms with Gasteiger partial charge in [0.25, 0.3) is 0 Å². The van der Waals surface area contributed by atoms with Crippen LogP contribution in [-0.4, -0.2) is 12.5 Å². The summed E-state index contributed by atoms with van der Waals surface area (Å²) in [6, 6.07) is 9.94. The average molecular weight is 404 g/mol. The highest BCUT2D eigenvalue weighted by molar-refractivity contribution is 6.05. The summed E-state index contributed by atoms with van der Waals surface area (Å²) >= 11 is 0. The van der Waals surface area contributed by atoms with Crippen LogP contribution in [0, 0.1) is 13.8 Å². The summed E-state index contributed by atoms with van der Waals surface area (Å²) in [5.74, 6) is 1.76. The molecule has 1 amide bonds. The molecule has 1 heterocycles. The number of hydrogen-bond acceptors (Lipinski definition) is 3. The number of allylic oxidation sites excluding steroid dienone is 1. The van der Waals surface area contributed by atoms with Crippen LogP contribution in [0.3, 0.4) is 0 Å². The molecule has 0 spiro atoms. The molecule has 1 aliphatic rings. The molecule has 0 radical (unpaired) electrons. The number of anilines is 1. The Labute approximate surface area is 177 Å². The molecule has 0 atom stereocenters. The number of fused-ring (bicyclic) bond motifs is 3. The smallest absolute Gasteiger partial charge is 0.248 e. The first kappa shape index (κ1) is 20.3. The van der Waals surface area contributed by atoms with Crippen LogP contribution in [0.4, 0.5) is 5.69 Å². The van der Waals surface area contributed by atoms with Crippen molar-refractivity contribution in [2.75, 3.05) is 11.9 Å². The van der Waals surface area contributed by atoms with Gasteiger partial charge in [-0.05, 0) is 70.7 Å². The van der Waals surface area contributed by atoms with E-state index >= 15 is 0 Å². The number of hydrogen-bond donors (Lipinski definition) is 1. The Hall–Kier alpha value is -3.01. The summed E-state index contributed by atoms with van der Waals surface area (Å²) < 4.78 is 12.2. The molecule has 0 unspecified atom stereocenters. The summed E-state index contributed by atoms with van der Waals surface area (Å²) in [6.07, 6.45) is 6.06. The normalized spacial score (nSPS) is 13.9. The molecule has 0 saturated carbocycles. The number of carbonyl (C=O) groups excluding carboxylic acids is 1. The number of amides is 1. The molecule has 156 valence electrons. The van der Waals surface area contributed by atoms with Crippen molar-refractivity contribution in [1.29, 1.82) is 0 Å². The summed E-state index contributed by atoms with van der Waals surface area (Å²) in [4.78, 5) is 12.6. The summed E-state index contributed by atoms with van der Waals surface area (Å²) in [5, 5.41) is 4.10. The highest BCUT2D eigenvalue weighted by atomic mass is 16.5. The van der Waals surface area contributed by atoms with E-state index in [-0.39, 0.29) is 5.91 Å². The molecule has 0 bridgehead atoms. The second kappa shape index (κ2) is 8.39. The Bertz CT molecular complexity index is 1120. The molecule has 4 heteroatoms. The molecule has 1 aliphatic carbocycles. The van der Waals surface area contributed by atoms with Gasteiger partial charge in [0.2, 0.25) is 5.91 Å². The van der Waals surface area contributed by atoms with Crippen molar-refractivity contribution in [2.45, 2.75) is 53.4 Å². The summed E-state index contributed by atoms with van der Waals surface area (Å²) in [5.41, 5.74) is 7.02. The minimum absolute atomic E-state index is 0.147. The van der Waals surface area contributed by atoms with Crippen LogP contribution >= 0.6 is 0 Å². The van der Waals surface area contributed by atoms with E-state index in [4.69, 9.17) is 9.15 Å². The highest BCUT2D eigenvalue weighted by Gasteiger charge is 2.23.